The highest BCUT2D eigenvalue weighted by atomic mass is 79.9. The normalized spacial score (nSPS) is 23.1. The third kappa shape index (κ3) is 3.65. The van der Waals surface area contributed by atoms with E-state index in [0.29, 0.717) is 16.3 Å². The van der Waals surface area contributed by atoms with Gasteiger partial charge in [0.1, 0.15) is 0 Å². The zero-order valence-electron chi connectivity index (χ0n) is 10.9. The molecule has 0 unspecified atom stereocenters. The van der Waals surface area contributed by atoms with Gasteiger partial charge in [0.25, 0.3) is 0 Å². The second-order valence-electron chi connectivity index (χ2n) is 5.05. The Morgan fingerprint density at radius 1 is 1.47 bits per heavy atom. The first-order valence-electron chi connectivity index (χ1n) is 6.66. The summed E-state index contributed by atoms with van der Waals surface area (Å²) < 4.78 is 0.624. The first-order chi connectivity index (χ1) is 9.10. The number of nitro groups is 1. The number of halogens is 1. The lowest BCUT2D eigenvalue weighted by Crippen LogP contribution is -2.26. The fourth-order valence-electron chi connectivity index (χ4n) is 2.59. The summed E-state index contributed by atoms with van der Waals surface area (Å²) in [6.07, 6.45) is 7.33. The summed E-state index contributed by atoms with van der Waals surface area (Å²) in [5, 5.41) is 14.2. The Kier molecular flexibility index (Phi) is 4.74. The molecule has 0 aromatic carbocycles. The van der Waals surface area contributed by atoms with E-state index in [2.05, 4.69) is 33.2 Å². The van der Waals surface area contributed by atoms with E-state index in [0.717, 1.165) is 18.8 Å². The van der Waals surface area contributed by atoms with E-state index >= 15 is 0 Å². The Morgan fingerprint density at radius 2 is 2.16 bits per heavy atom. The molecule has 19 heavy (non-hydrogen) atoms. The highest BCUT2D eigenvalue weighted by Crippen LogP contribution is 2.31. The molecule has 1 N–H and O–H groups in total. The lowest BCUT2D eigenvalue weighted by molar-refractivity contribution is -0.384. The van der Waals surface area contributed by atoms with Crippen LogP contribution < -0.4 is 5.32 Å². The van der Waals surface area contributed by atoms with Gasteiger partial charge in [0.05, 0.1) is 4.92 Å². The van der Waals surface area contributed by atoms with Crippen LogP contribution in [-0.4, -0.2) is 15.9 Å². The van der Waals surface area contributed by atoms with Gasteiger partial charge in [-0.2, -0.15) is 0 Å². The van der Waals surface area contributed by atoms with Crippen molar-refractivity contribution in [3.8, 4) is 0 Å². The van der Waals surface area contributed by atoms with Crippen LogP contribution in [0.3, 0.4) is 0 Å². The standard InChI is InChI=1S/C13H18BrN3O2/c1-2-9-3-5-11(6-4-9)16-13-12(17(18)19)7-10(14)8-15-13/h7-9,11H,2-6H2,1H3,(H,15,16). The van der Waals surface area contributed by atoms with Gasteiger partial charge in [-0.15, -0.1) is 0 Å². The summed E-state index contributed by atoms with van der Waals surface area (Å²) in [6.45, 7) is 2.22. The summed E-state index contributed by atoms with van der Waals surface area (Å²) in [6, 6.07) is 1.79. The molecule has 0 atom stereocenters. The molecule has 0 aliphatic heterocycles. The molecule has 0 spiro atoms. The Hall–Kier alpha value is -1.17. The van der Waals surface area contributed by atoms with Crippen molar-refractivity contribution in [1.29, 1.82) is 0 Å². The minimum Gasteiger partial charge on any atom is -0.362 e. The van der Waals surface area contributed by atoms with Gasteiger partial charge in [-0.25, -0.2) is 4.98 Å². The van der Waals surface area contributed by atoms with Gasteiger partial charge in [-0.3, -0.25) is 10.1 Å². The van der Waals surface area contributed by atoms with E-state index in [9.17, 15) is 10.1 Å². The Balaban J connectivity index is 2.05. The number of nitrogens with zero attached hydrogens (tertiary/aromatic N) is 2. The molecule has 6 heteroatoms. The molecule has 0 radical (unpaired) electrons. The maximum Gasteiger partial charge on any atom is 0.312 e. The number of rotatable bonds is 4. The van der Waals surface area contributed by atoms with Crippen molar-refractivity contribution in [3.05, 3.63) is 26.9 Å². The molecule has 0 bridgehead atoms. The van der Waals surface area contributed by atoms with Gasteiger partial charge >= 0.3 is 5.69 Å². The van der Waals surface area contributed by atoms with Crippen LogP contribution in [0, 0.1) is 16.0 Å². The van der Waals surface area contributed by atoms with E-state index in [1.54, 1.807) is 6.20 Å². The summed E-state index contributed by atoms with van der Waals surface area (Å²) in [5.74, 6) is 1.19. The van der Waals surface area contributed by atoms with Crippen LogP contribution in [-0.2, 0) is 0 Å². The van der Waals surface area contributed by atoms with Gasteiger partial charge in [0, 0.05) is 22.8 Å². The molecule has 1 heterocycles. The average Bonchev–Trinajstić information content (AvgIpc) is 2.41. The van der Waals surface area contributed by atoms with E-state index in [-0.39, 0.29) is 5.69 Å². The van der Waals surface area contributed by atoms with Crippen molar-refractivity contribution in [1.82, 2.24) is 4.98 Å². The minimum absolute atomic E-state index is 0.0342. The number of anilines is 1. The smallest absolute Gasteiger partial charge is 0.312 e. The molecule has 1 fully saturated rings. The summed E-state index contributed by atoms with van der Waals surface area (Å²) in [7, 11) is 0. The average molecular weight is 328 g/mol. The Morgan fingerprint density at radius 3 is 2.74 bits per heavy atom. The van der Waals surface area contributed by atoms with Gasteiger partial charge in [-0.05, 0) is 47.5 Å². The maximum atomic E-state index is 11.0. The predicted octanol–water partition coefficient (Wildman–Crippen LogP) is 4.13. The van der Waals surface area contributed by atoms with Crippen LogP contribution in [0.25, 0.3) is 0 Å². The van der Waals surface area contributed by atoms with Crippen molar-refractivity contribution in [2.24, 2.45) is 5.92 Å². The molecule has 2 rings (SSSR count). The highest BCUT2D eigenvalue weighted by molar-refractivity contribution is 9.10. The number of hydrogen-bond acceptors (Lipinski definition) is 4. The SMILES string of the molecule is CCC1CCC(Nc2ncc(Br)cc2[N+](=O)[O-])CC1. The van der Waals surface area contributed by atoms with Crippen LogP contribution in [0.2, 0.25) is 0 Å². The third-order valence-electron chi connectivity index (χ3n) is 3.80. The number of pyridine rings is 1. The summed E-state index contributed by atoms with van der Waals surface area (Å²) in [4.78, 5) is 14.8. The molecular weight excluding hydrogens is 310 g/mol. The van der Waals surface area contributed by atoms with Gasteiger partial charge in [0.15, 0.2) is 0 Å². The van der Waals surface area contributed by atoms with Gasteiger partial charge in [-0.1, -0.05) is 13.3 Å². The lowest BCUT2D eigenvalue weighted by Gasteiger charge is -2.28. The van der Waals surface area contributed by atoms with Crippen LogP contribution in [0.15, 0.2) is 16.7 Å². The third-order valence-corrected chi connectivity index (χ3v) is 4.23. The highest BCUT2D eigenvalue weighted by Gasteiger charge is 2.23. The Labute approximate surface area is 121 Å². The van der Waals surface area contributed by atoms with E-state index < -0.39 is 4.92 Å². The zero-order valence-corrected chi connectivity index (χ0v) is 12.5. The van der Waals surface area contributed by atoms with Crippen molar-refractivity contribution in [2.75, 3.05) is 5.32 Å². The Bertz CT molecular complexity index is 459. The fourth-order valence-corrected chi connectivity index (χ4v) is 2.91. The molecule has 1 aliphatic rings. The monoisotopic (exact) mass is 327 g/mol. The molecule has 1 saturated carbocycles. The van der Waals surface area contributed by atoms with Gasteiger partial charge < -0.3 is 5.32 Å². The molecular formula is C13H18BrN3O2. The molecule has 5 nitrogen and oxygen atoms in total. The number of aromatic nitrogens is 1. The lowest BCUT2D eigenvalue weighted by atomic mass is 9.84. The van der Waals surface area contributed by atoms with Gasteiger partial charge in [0.2, 0.25) is 5.82 Å². The second-order valence-corrected chi connectivity index (χ2v) is 5.96. The molecule has 0 saturated heterocycles. The summed E-state index contributed by atoms with van der Waals surface area (Å²) >= 11 is 3.21. The van der Waals surface area contributed by atoms with E-state index in [1.165, 1.54) is 25.3 Å². The fraction of sp³-hybridized carbons (Fsp3) is 0.615. The van der Waals surface area contributed by atoms with Crippen molar-refractivity contribution in [3.63, 3.8) is 0 Å². The van der Waals surface area contributed by atoms with Crippen LogP contribution in [0.5, 0.6) is 0 Å². The number of hydrogen-bond donors (Lipinski definition) is 1. The van der Waals surface area contributed by atoms with Crippen molar-refractivity contribution in [2.45, 2.75) is 45.1 Å². The first kappa shape index (κ1) is 14.2. The van der Waals surface area contributed by atoms with Crippen LogP contribution in [0.1, 0.15) is 39.0 Å². The molecule has 1 aromatic heterocycles. The molecule has 1 aromatic rings. The zero-order chi connectivity index (χ0) is 13.8. The quantitative estimate of drug-likeness (QED) is 0.666. The number of nitrogens with one attached hydrogen (secondary N) is 1. The van der Waals surface area contributed by atoms with Crippen LogP contribution >= 0.6 is 15.9 Å². The predicted molar refractivity (Wildman–Crippen MR) is 78.3 cm³/mol. The second kappa shape index (κ2) is 6.32. The summed E-state index contributed by atoms with van der Waals surface area (Å²) in [5.41, 5.74) is 0.0342. The molecule has 104 valence electrons. The first-order valence-corrected chi connectivity index (χ1v) is 7.46. The van der Waals surface area contributed by atoms with E-state index in [1.807, 2.05) is 0 Å². The minimum atomic E-state index is -0.391. The topological polar surface area (TPSA) is 68.1 Å². The van der Waals surface area contributed by atoms with Crippen molar-refractivity contribution < 1.29 is 4.92 Å². The molecule has 0 amide bonds. The maximum absolute atomic E-state index is 11.0. The largest absolute Gasteiger partial charge is 0.362 e. The van der Waals surface area contributed by atoms with Crippen LogP contribution in [0.4, 0.5) is 11.5 Å². The van der Waals surface area contributed by atoms with Crippen molar-refractivity contribution >= 4 is 27.4 Å². The van der Waals surface area contributed by atoms with E-state index in [4.69, 9.17) is 0 Å². The molecule has 1 aliphatic carbocycles.